The fraction of sp³-hybridized carbons (Fsp3) is 0.421. The summed E-state index contributed by atoms with van der Waals surface area (Å²) in [6.07, 6.45) is -3.64. The Hall–Kier alpha value is -2.22. The molecule has 0 unspecified atom stereocenters. The molecular formula is C19H21F3N4O4S2. The highest BCUT2D eigenvalue weighted by Gasteiger charge is 2.33. The van der Waals surface area contributed by atoms with Crippen LogP contribution < -0.4 is 5.32 Å². The average molecular weight is 491 g/mol. The lowest BCUT2D eigenvalue weighted by molar-refractivity contribution is -0.141. The Morgan fingerprint density at radius 1 is 1.25 bits per heavy atom. The predicted octanol–water partition coefficient (Wildman–Crippen LogP) is 2.94. The molecule has 0 bridgehead atoms. The van der Waals surface area contributed by atoms with Crippen molar-refractivity contribution in [3.05, 3.63) is 41.7 Å². The number of alkyl halides is 3. The summed E-state index contributed by atoms with van der Waals surface area (Å²) in [6, 6.07) is 5.26. The zero-order valence-electron chi connectivity index (χ0n) is 17.2. The predicted molar refractivity (Wildman–Crippen MR) is 112 cm³/mol. The standard InChI is InChI=1S/C19H21F3N4O4S2/c1-12-3-4-14(11-15(12)32(28,29)26-7-9-30-10-8-26)24-17(27)13(2)31-18-23-6-5-16(25-18)19(20,21)22/h3-6,11,13H,7-10H2,1-2H3,(H,24,27)/t13-/m0/s1. The number of aryl methyl sites for hydroxylation is 1. The van der Waals surface area contributed by atoms with Gasteiger partial charge in [0.15, 0.2) is 5.16 Å². The van der Waals surface area contributed by atoms with E-state index >= 15 is 0 Å². The minimum Gasteiger partial charge on any atom is -0.379 e. The molecule has 0 saturated carbocycles. The van der Waals surface area contributed by atoms with E-state index in [1.165, 1.54) is 17.3 Å². The van der Waals surface area contributed by atoms with Gasteiger partial charge in [-0.3, -0.25) is 4.79 Å². The molecule has 0 radical (unpaired) electrons. The van der Waals surface area contributed by atoms with E-state index in [0.717, 1.165) is 24.0 Å². The molecule has 13 heteroatoms. The van der Waals surface area contributed by atoms with Gasteiger partial charge in [-0.25, -0.2) is 18.4 Å². The van der Waals surface area contributed by atoms with Crippen molar-refractivity contribution in [2.45, 2.75) is 35.3 Å². The van der Waals surface area contributed by atoms with Crippen LogP contribution in [0, 0.1) is 6.92 Å². The molecule has 8 nitrogen and oxygen atoms in total. The number of aromatic nitrogens is 2. The van der Waals surface area contributed by atoms with Gasteiger partial charge < -0.3 is 10.1 Å². The van der Waals surface area contributed by atoms with Gasteiger partial charge in [0.05, 0.1) is 23.4 Å². The van der Waals surface area contributed by atoms with Crippen molar-refractivity contribution >= 4 is 33.4 Å². The molecule has 1 N–H and O–H groups in total. The van der Waals surface area contributed by atoms with Crippen LogP contribution >= 0.6 is 11.8 Å². The second kappa shape index (κ2) is 9.73. The highest BCUT2D eigenvalue weighted by molar-refractivity contribution is 8.00. The number of rotatable bonds is 6. The number of anilines is 1. The number of amides is 1. The Labute approximate surface area is 187 Å². The maximum atomic E-state index is 13.0. The lowest BCUT2D eigenvalue weighted by atomic mass is 10.2. The number of benzene rings is 1. The molecule has 1 atom stereocenters. The molecule has 1 aromatic carbocycles. The number of thioether (sulfide) groups is 1. The number of nitrogens with one attached hydrogen (secondary N) is 1. The van der Waals surface area contributed by atoms with Gasteiger partial charge in [-0.05, 0) is 37.6 Å². The van der Waals surface area contributed by atoms with Gasteiger partial charge in [0.25, 0.3) is 0 Å². The molecule has 1 saturated heterocycles. The zero-order chi connectivity index (χ0) is 23.5. The molecule has 2 aromatic rings. The quantitative estimate of drug-likeness (QED) is 0.491. The number of nitrogens with zero attached hydrogens (tertiary/aromatic N) is 3. The SMILES string of the molecule is Cc1ccc(NC(=O)[C@H](C)Sc2nccc(C(F)(F)F)n2)cc1S(=O)(=O)N1CCOCC1. The maximum absolute atomic E-state index is 13.0. The number of morpholine rings is 1. The number of carbonyl (C=O) groups is 1. The third-order valence-electron chi connectivity index (χ3n) is 4.62. The Morgan fingerprint density at radius 2 is 1.94 bits per heavy atom. The molecule has 0 aliphatic carbocycles. The first-order valence-corrected chi connectivity index (χ1v) is 11.9. The maximum Gasteiger partial charge on any atom is 0.433 e. The van der Waals surface area contributed by atoms with E-state index in [1.807, 2.05) is 0 Å². The second-order valence-corrected chi connectivity index (χ2v) is 10.2. The monoisotopic (exact) mass is 490 g/mol. The van der Waals surface area contributed by atoms with Crippen LogP contribution in [0.1, 0.15) is 18.2 Å². The summed E-state index contributed by atoms with van der Waals surface area (Å²) in [5, 5.41) is 1.58. The van der Waals surface area contributed by atoms with Crippen LogP contribution in [0.25, 0.3) is 0 Å². The first kappa shape index (κ1) is 24.4. The fourth-order valence-corrected chi connectivity index (χ4v) is 5.31. The van der Waals surface area contributed by atoms with E-state index in [9.17, 15) is 26.4 Å². The van der Waals surface area contributed by atoms with E-state index in [4.69, 9.17) is 4.74 Å². The Kier molecular flexibility index (Phi) is 7.43. The molecule has 1 amide bonds. The Bertz CT molecular complexity index is 1090. The topological polar surface area (TPSA) is 101 Å². The highest BCUT2D eigenvalue weighted by atomic mass is 32.2. The molecule has 2 heterocycles. The van der Waals surface area contributed by atoms with Crippen molar-refractivity contribution in [2.24, 2.45) is 0 Å². The van der Waals surface area contributed by atoms with Crippen LogP contribution in [0.15, 0.2) is 40.5 Å². The van der Waals surface area contributed by atoms with Crippen molar-refractivity contribution < 1.29 is 31.1 Å². The van der Waals surface area contributed by atoms with Crippen LogP contribution in [-0.4, -0.2) is 60.2 Å². The fourth-order valence-electron chi connectivity index (χ4n) is 2.89. The van der Waals surface area contributed by atoms with Crippen molar-refractivity contribution in [3.8, 4) is 0 Å². The third kappa shape index (κ3) is 5.77. The molecule has 3 rings (SSSR count). The summed E-state index contributed by atoms with van der Waals surface area (Å²) in [7, 11) is -3.77. The highest BCUT2D eigenvalue weighted by Crippen LogP contribution is 2.30. The van der Waals surface area contributed by atoms with Gasteiger partial charge in [-0.2, -0.15) is 17.5 Å². The number of ether oxygens (including phenoxy) is 1. The van der Waals surface area contributed by atoms with Crippen LogP contribution in [-0.2, 0) is 25.7 Å². The van der Waals surface area contributed by atoms with Crippen molar-refractivity contribution in [2.75, 3.05) is 31.6 Å². The molecule has 174 valence electrons. The van der Waals surface area contributed by atoms with Crippen LogP contribution in [0.2, 0.25) is 0 Å². The number of hydrogen-bond donors (Lipinski definition) is 1. The molecule has 1 aliphatic rings. The molecule has 1 fully saturated rings. The van der Waals surface area contributed by atoms with Crippen molar-refractivity contribution in [3.63, 3.8) is 0 Å². The summed E-state index contributed by atoms with van der Waals surface area (Å²) in [4.78, 5) is 19.8. The van der Waals surface area contributed by atoms with E-state index in [1.54, 1.807) is 19.1 Å². The van der Waals surface area contributed by atoms with Crippen LogP contribution in [0.5, 0.6) is 0 Å². The first-order chi connectivity index (χ1) is 15.0. The summed E-state index contributed by atoms with van der Waals surface area (Å²) < 4.78 is 70.9. The third-order valence-corrected chi connectivity index (χ3v) is 7.63. The van der Waals surface area contributed by atoms with E-state index in [2.05, 4.69) is 15.3 Å². The molecule has 1 aromatic heterocycles. The molecular weight excluding hydrogens is 469 g/mol. The van der Waals surface area contributed by atoms with E-state index in [0.29, 0.717) is 18.8 Å². The van der Waals surface area contributed by atoms with Crippen molar-refractivity contribution in [1.82, 2.24) is 14.3 Å². The van der Waals surface area contributed by atoms with Crippen LogP contribution in [0.4, 0.5) is 18.9 Å². The summed E-state index contributed by atoms with van der Waals surface area (Å²) in [5.41, 5.74) is -0.321. The zero-order valence-corrected chi connectivity index (χ0v) is 18.9. The lowest BCUT2D eigenvalue weighted by Gasteiger charge is -2.27. The number of sulfonamides is 1. The summed E-state index contributed by atoms with van der Waals surface area (Å²) in [5.74, 6) is -0.533. The first-order valence-electron chi connectivity index (χ1n) is 9.55. The number of carbonyl (C=O) groups excluding carboxylic acids is 1. The Morgan fingerprint density at radius 3 is 2.59 bits per heavy atom. The number of halogens is 3. The normalized spacial score (nSPS) is 16.5. The smallest absolute Gasteiger partial charge is 0.379 e. The Balaban J connectivity index is 1.73. The second-order valence-electron chi connectivity index (χ2n) is 6.97. The van der Waals surface area contributed by atoms with Gasteiger partial charge in [-0.1, -0.05) is 17.8 Å². The molecule has 1 aliphatic heterocycles. The molecule has 0 spiro atoms. The van der Waals surface area contributed by atoms with E-state index in [-0.39, 0.29) is 28.8 Å². The van der Waals surface area contributed by atoms with E-state index < -0.39 is 33.1 Å². The minimum atomic E-state index is -4.62. The van der Waals surface area contributed by atoms with Gasteiger partial charge >= 0.3 is 6.18 Å². The van der Waals surface area contributed by atoms with Gasteiger partial charge in [0.1, 0.15) is 5.69 Å². The lowest BCUT2D eigenvalue weighted by Crippen LogP contribution is -2.40. The van der Waals surface area contributed by atoms with Gasteiger partial charge in [-0.15, -0.1) is 0 Å². The average Bonchev–Trinajstić information content (AvgIpc) is 2.75. The van der Waals surface area contributed by atoms with Gasteiger partial charge in [0, 0.05) is 25.0 Å². The number of hydrogen-bond acceptors (Lipinski definition) is 7. The van der Waals surface area contributed by atoms with Crippen molar-refractivity contribution in [1.29, 1.82) is 0 Å². The van der Waals surface area contributed by atoms with Gasteiger partial charge in [0.2, 0.25) is 15.9 Å². The summed E-state index contributed by atoms with van der Waals surface area (Å²) in [6.45, 7) is 4.24. The largest absolute Gasteiger partial charge is 0.433 e. The van der Waals surface area contributed by atoms with Crippen LogP contribution in [0.3, 0.4) is 0 Å². The summed E-state index contributed by atoms with van der Waals surface area (Å²) >= 11 is 0.762. The molecule has 32 heavy (non-hydrogen) atoms. The minimum absolute atomic E-state index is 0.0683.